The number of hydrogen-bond acceptors (Lipinski definition) is 7. The molecule has 55 heavy (non-hydrogen) atoms. The number of alkyl carbamates (subject to hydrolysis) is 2. The third-order valence-electron chi connectivity index (χ3n) is 9.44. The minimum atomic E-state index is -0.937. The van der Waals surface area contributed by atoms with Gasteiger partial charge in [-0.2, -0.15) is 0 Å². The van der Waals surface area contributed by atoms with Crippen molar-refractivity contribution >= 4 is 18.1 Å². The third kappa shape index (κ3) is 13.3. The SMILES string of the molecule is C[C@H](CCN(CCCCNC(=O)[C@H](COCc1ccccc1)NC(=O)OCC1c2ccccc2-c2ccccc21)Cc1ccccc1)NC(=O)OC(C)(C)C. The molecule has 3 N–H and O–H groups in total. The van der Waals surface area contributed by atoms with Crippen molar-refractivity contribution in [2.45, 2.75) is 83.7 Å². The number of nitrogens with zero attached hydrogens (tertiary/aromatic N) is 1. The number of rotatable bonds is 19. The zero-order valence-electron chi connectivity index (χ0n) is 32.6. The summed E-state index contributed by atoms with van der Waals surface area (Å²) < 4.78 is 17.1. The van der Waals surface area contributed by atoms with Gasteiger partial charge in [-0.25, -0.2) is 9.59 Å². The summed E-state index contributed by atoms with van der Waals surface area (Å²) in [5.41, 5.74) is 6.15. The molecule has 4 aromatic rings. The van der Waals surface area contributed by atoms with Gasteiger partial charge in [0.2, 0.25) is 5.91 Å². The first-order chi connectivity index (χ1) is 26.6. The van der Waals surface area contributed by atoms with Gasteiger partial charge in [0.05, 0.1) is 13.2 Å². The number of unbranched alkanes of at least 4 members (excludes halogenated alkanes) is 1. The van der Waals surface area contributed by atoms with Crippen LogP contribution in [0.3, 0.4) is 0 Å². The van der Waals surface area contributed by atoms with Crippen molar-refractivity contribution in [2.24, 2.45) is 0 Å². The minimum absolute atomic E-state index is 0.00864. The molecule has 0 bridgehead atoms. The number of carbonyl (C=O) groups excluding carboxylic acids is 3. The first kappa shape index (κ1) is 41.0. The fourth-order valence-electron chi connectivity index (χ4n) is 6.70. The minimum Gasteiger partial charge on any atom is -0.449 e. The topological polar surface area (TPSA) is 118 Å². The molecule has 2 atom stereocenters. The summed E-state index contributed by atoms with van der Waals surface area (Å²) >= 11 is 0. The number of carbonyl (C=O) groups is 3. The zero-order chi connectivity index (χ0) is 39.0. The van der Waals surface area contributed by atoms with Crippen LogP contribution in [0, 0.1) is 0 Å². The van der Waals surface area contributed by atoms with Crippen LogP contribution in [0.25, 0.3) is 11.1 Å². The largest absolute Gasteiger partial charge is 0.449 e. The van der Waals surface area contributed by atoms with Crippen LogP contribution in [0.4, 0.5) is 9.59 Å². The molecule has 4 aromatic carbocycles. The van der Waals surface area contributed by atoms with E-state index < -0.39 is 23.8 Å². The van der Waals surface area contributed by atoms with Crippen LogP contribution in [-0.4, -0.2) is 73.5 Å². The average molecular weight is 749 g/mol. The van der Waals surface area contributed by atoms with Crippen LogP contribution in [0.15, 0.2) is 109 Å². The maximum Gasteiger partial charge on any atom is 0.407 e. The fourth-order valence-corrected chi connectivity index (χ4v) is 6.70. The number of amides is 3. The van der Waals surface area contributed by atoms with Crippen molar-refractivity contribution in [3.8, 4) is 11.1 Å². The van der Waals surface area contributed by atoms with E-state index in [4.69, 9.17) is 14.2 Å². The molecule has 0 unspecified atom stereocenters. The van der Waals surface area contributed by atoms with E-state index in [2.05, 4.69) is 57.2 Å². The molecule has 292 valence electrons. The maximum absolute atomic E-state index is 13.5. The van der Waals surface area contributed by atoms with E-state index in [0.717, 1.165) is 66.7 Å². The van der Waals surface area contributed by atoms with Gasteiger partial charge in [0.1, 0.15) is 18.2 Å². The molecule has 0 aliphatic heterocycles. The number of nitrogens with one attached hydrogen (secondary N) is 3. The lowest BCUT2D eigenvalue weighted by Gasteiger charge is -2.26. The molecule has 10 heteroatoms. The van der Waals surface area contributed by atoms with Crippen molar-refractivity contribution in [3.05, 3.63) is 131 Å². The van der Waals surface area contributed by atoms with Gasteiger partial charge in [-0.15, -0.1) is 0 Å². The highest BCUT2D eigenvalue weighted by Gasteiger charge is 2.30. The Bertz CT molecular complexity index is 1770. The molecule has 0 spiro atoms. The molecular formula is C45H56N4O6. The average Bonchev–Trinajstić information content (AvgIpc) is 3.49. The Balaban J connectivity index is 1.12. The van der Waals surface area contributed by atoms with Gasteiger partial charge in [-0.05, 0) is 86.9 Å². The second kappa shape index (κ2) is 20.5. The Hall–Kier alpha value is -5.19. The predicted molar refractivity (Wildman–Crippen MR) is 216 cm³/mol. The van der Waals surface area contributed by atoms with Gasteiger partial charge >= 0.3 is 12.2 Å². The Morgan fingerprint density at radius 2 is 1.33 bits per heavy atom. The van der Waals surface area contributed by atoms with Crippen LogP contribution < -0.4 is 16.0 Å². The molecule has 3 amide bonds. The van der Waals surface area contributed by atoms with Crippen LogP contribution in [0.2, 0.25) is 0 Å². The summed E-state index contributed by atoms with van der Waals surface area (Å²) in [5.74, 6) is -0.421. The Morgan fingerprint density at radius 3 is 1.96 bits per heavy atom. The molecule has 1 aliphatic rings. The highest BCUT2D eigenvalue weighted by molar-refractivity contribution is 5.86. The normalized spacial score (nSPS) is 13.3. The fraction of sp³-hybridized carbons (Fsp3) is 0.400. The first-order valence-corrected chi connectivity index (χ1v) is 19.3. The Labute approximate surface area is 325 Å². The lowest BCUT2D eigenvalue weighted by molar-refractivity contribution is -0.124. The summed E-state index contributed by atoms with van der Waals surface area (Å²) in [6, 6.07) is 35.3. The third-order valence-corrected chi connectivity index (χ3v) is 9.44. The predicted octanol–water partition coefficient (Wildman–Crippen LogP) is 7.81. The van der Waals surface area contributed by atoms with Crippen molar-refractivity contribution in [1.82, 2.24) is 20.9 Å². The number of hydrogen-bond donors (Lipinski definition) is 3. The molecule has 0 heterocycles. The van der Waals surface area contributed by atoms with E-state index in [1.807, 2.05) is 100 Å². The summed E-state index contributed by atoms with van der Waals surface area (Å²) in [4.78, 5) is 41.3. The summed E-state index contributed by atoms with van der Waals surface area (Å²) in [6.45, 7) is 10.8. The Kier molecular flexibility index (Phi) is 15.3. The van der Waals surface area contributed by atoms with E-state index in [1.54, 1.807) is 0 Å². The molecule has 0 radical (unpaired) electrons. The molecular weight excluding hydrogens is 693 g/mol. The summed E-state index contributed by atoms with van der Waals surface area (Å²) in [7, 11) is 0. The highest BCUT2D eigenvalue weighted by Crippen LogP contribution is 2.44. The Morgan fingerprint density at radius 1 is 0.727 bits per heavy atom. The van der Waals surface area contributed by atoms with E-state index >= 15 is 0 Å². The van der Waals surface area contributed by atoms with E-state index in [1.165, 1.54) is 5.56 Å². The molecule has 1 aliphatic carbocycles. The van der Waals surface area contributed by atoms with Crippen molar-refractivity contribution in [2.75, 3.05) is 32.8 Å². The van der Waals surface area contributed by atoms with Gasteiger partial charge in [0, 0.05) is 31.6 Å². The van der Waals surface area contributed by atoms with Crippen LogP contribution in [0.5, 0.6) is 0 Å². The summed E-state index contributed by atoms with van der Waals surface area (Å²) in [6.07, 6.45) is 1.26. The zero-order valence-corrected chi connectivity index (χ0v) is 32.6. The van der Waals surface area contributed by atoms with Crippen molar-refractivity contribution in [3.63, 3.8) is 0 Å². The van der Waals surface area contributed by atoms with Gasteiger partial charge in [0.25, 0.3) is 0 Å². The van der Waals surface area contributed by atoms with Crippen LogP contribution >= 0.6 is 0 Å². The van der Waals surface area contributed by atoms with Crippen molar-refractivity contribution in [1.29, 1.82) is 0 Å². The molecule has 0 saturated heterocycles. The van der Waals surface area contributed by atoms with E-state index in [9.17, 15) is 14.4 Å². The number of fused-ring (bicyclic) bond motifs is 3. The quantitative estimate of drug-likeness (QED) is 0.0838. The maximum atomic E-state index is 13.5. The number of benzene rings is 4. The second-order valence-corrected chi connectivity index (χ2v) is 15.1. The number of ether oxygens (including phenoxy) is 3. The van der Waals surface area contributed by atoms with E-state index in [-0.39, 0.29) is 31.1 Å². The second-order valence-electron chi connectivity index (χ2n) is 15.1. The van der Waals surface area contributed by atoms with Crippen LogP contribution in [-0.2, 0) is 32.2 Å². The lowest BCUT2D eigenvalue weighted by atomic mass is 9.98. The van der Waals surface area contributed by atoms with Gasteiger partial charge in [0.15, 0.2) is 0 Å². The smallest absolute Gasteiger partial charge is 0.407 e. The van der Waals surface area contributed by atoms with Gasteiger partial charge in [-0.3, -0.25) is 9.69 Å². The molecule has 5 rings (SSSR count). The van der Waals surface area contributed by atoms with Gasteiger partial charge in [-0.1, -0.05) is 109 Å². The first-order valence-electron chi connectivity index (χ1n) is 19.3. The lowest BCUT2D eigenvalue weighted by Crippen LogP contribution is -2.50. The molecule has 10 nitrogen and oxygen atoms in total. The molecule has 0 saturated carbocycles. The highest BCUT2D eigenvalue weighted by atomic mass is 16.6. The van der Waals surface area contributed by atoms with E-state index in [0.29, 0.717) is 13.2 Å². The molecule has 0 aromatic heterocycles. The van der Waals surface area contributed by atoms with Crippen molar-refractivity contribution < 1.29 is 28.6 Å². The standard InChI is InChI=1S/C45H56N4O6/c1-33(47-44(52)55-45(2,3)4)25-28-49(29-34-17-7-5-8-18-34)27-16-15-26-46-42(50)41(32-53-30-35-19-9-6-10-20-35)48-43(51)54-31-40-38-23-13-11-21-36(38)37-22-12-14-24-39(37)40/h5-14,17-24,33,40-41H,15-16,25-32H2,1-4H3,(H,46,50)(H,47,52)(H,48,51)/t33-,41+/m1/s1. The van der Waals surface area contributed by atoms with Gasteiger partial charge < -0.3 is 30.2 Å². The monoisotopic (exact) mass is 748 g/mol. The molecule has 0 fully saturated rings. The van der Waals surface area contributed by atoms with Crippen LogP contribution in [0.1, 0.15) is 75.1 Å². The summed E-state index contributed by atoms with van der Waals surface area (Å²) in [5, 5.41) is 8.71.